The van der Waals surface area contributed by atoms with Gasteiger partial charge in [0.1, 0.15) is 5.82 Å². The highest BCUT2D eigenvalue weighted by Crippen LogP contribution is 2.33. The molecule has 2 heterocycles. The third-order valence-corrected chi connectivity index (χ3v) is 4.50. The molecule has 0 amide bonds. The highest BCUT2D eigenvalue weighted by Gasteiger charge is 2.22. The van der Waals surface area contributed by atoms with Gasteiger partial charge in [0.15, 0.2) is 0 Å². The number of benzene rings is 1. The van der Waals surface area contributed by atoms with E-state index in [9.17, 15) is 0 Å². The Kier molecular flexibility index (Phi) is 2.56. The summed E-state index contributed by atoms with van der Waals surface area (Å²) in [5.74, 6) is 4.14. The molecule has 2 aromatic rings. The van der Waals surface area contributed by atoms with Gasteiger partial charge in [-0.15, -0.1) is 0 Å². The lowest BCUT2D eigenvalue weighted by molar-refractivity contribution is 0.680. The number of rotatable bonds is 1. The quantitative estimate of drug-likeness (QED) is 0.773. The van der Waals surface area contributed by atoms with Crippen LogP contribution in [0.25, 0.3) is 11.0 Å². The summed E-state index contributed by atoms with van der Waals surface area (Å²) in [6.07, 6.45) is 1.22. The van der Waals surface area contributed by atoms with Crippen LogP contribution in [-0.4, -0.2) is 21.1 Å². The van der Waals surface area contributed by atoms with Crippen molar-refractivity contribution in [2.75, 3.05) is 11.5 Å². The van der Waals surface area contributed by atoms with Gasteiger partial charge in [-0.1, -0.05) is 0 Å². The average molecular weight is 243 g/mol. The zero-order chi connectivity index (χ0) is 11.8. The smallest absolute Gasteiger partial charge is 0.113 e. The molecule has 3 nitrogen and oxygen atoms in total. The van der Waals surface area contributed by atoms with E-state index < -0.39 is 0 Å². The molecule has 1 saturated heterocycles. The van der Waals surface area contributed by atoms with Crippen LogP contribution >= 0.6 is 11.8 Å². The van der Waals surface area contributed by atoms with Crippen molar-refractivity contribution in [2.45, 2.75) is 12.3 Å². The minimum atomic E-state index is 0.572. The summed E-state index contributed by atoms with van der Waals surface area (Å²) < 4.78 is 2.15. The first-order valence-electron chi connectivity index (χ1n) is 5.74. The number of thioether (sulfide) groups is 1. The molecule has 0 bridgehead atoms. The summed E-state index contributed by atoms with van der Waals surface area (Å²) in [5, 5.41) is 8.92. The Morgan fingerprint density at radius 1 is 1.53 bits per heavy atom. The topological polar surface area (TPSA) is 41.6 Å². The van der Waals surface area contributed by atoms with Crippen molar-refractivity contribution in [3.63, 3.8) is 0 Å². The summed E-state index contributed by atoms with van der Waals surface area (Å²) in [6.45, 7) is 0. The van der Waals surface area contributed by atoms with Gasteiger partial charge in [0.2, 0.25) is 0 Å². The molecule has 1 fully saturated rings. The van der Waals surface area contributed by atoms with Crippen LogP contribution < -0.4 is 0 Å². The maximum Gasteiger partial charge on any atom is 0.113 e. The molecule has 1 aliphatic heterocycles. The van der Waals surface area contributed by atoms with Crippen molar-refractivity contribution in [1.29, 1.82) is 5.26 Å². The molecule has 0 saturated carbocycles. The van der Waals surface area contributed by atoms with Gasteiger partial charge in [-0.3, -0.25) is 0 Å². The fourth-order valence-corrected chi connectivity index (χ4v) is 3.60. The van der Waals surface area contributed by atoms with Crippen LogP contribution in [0, 0.1) is 11.3 Å². The van der Waals surface area contributed by atoms with Crippen molar-refractivity contribution in [1.82, 2.24) is 9.55 Å². The van der Waals surface area contributed by atoms with Crippen molar-refractivity contribution in [3.8, 4) is 6.07 Å². The first kappa shape index (κ1) is 10.7. The number of fused-ring (bicyclic) bond motifs is 1. The van der Waals surface area contributed by atoms with Gasteiger partial charge in [0, 0.05) is 18.7 Å². The maximum absolute atomic E-state index is 8.92. The van der Waals surface area contributed by atoms with Gasteiger partial charge in [0.05, 0.1) is 22.7 Å². The van der Waals surface area contributed by atoms with Crippen LogP contribution in [0.3, 0.4) is 0 Å². The Labute approximate surface area is 104 Å². The van der Waals surface area contributed by atoms with Crippen LogP contribution in [-0.2, 0) is 7.05 Å². The molecule has 0 N–H and O–H groups in total. The lowest BCUT2D eigenvalue weighted by Crippen LogP contribution is -2.05. The third kappa shape index (κ3) is 1.71. The van der Waals surface area contributed by atoms with Crippen LogP contribution in [0.4, 0.5) is 0 Å². The highest BCUT2D eigenvalue weighted by atomic mass is 32.2. The zero-order valence-electron chi connectivity index (χ0n) is 9.68. The van der Waals surface area contributed by atoms with Crippen molar-refractivity contribution < 1.29 is 0 Å². The van der Waals surface area contributed by atoms with Crippen LogP contribution in [0.2, 0.25) is 0 Å². The normalized spacial score (nSPS) is 19.6. The van der Waals surface area contributed by atoms with E-state index >= 15 is 0 Å². The van der Waals surface area contributed by atoms with E-state index in [0.717, 1.165) is 11.0 Å². The number of nitriles is 1. The van der Waals surface area contributed by atoms with E-state index in [1.807, 2.05) is 30.0 Å². The van der Waals surface area contributed by atoms with E-state index in [-0.39, 0.29) is 0 Å². The molecule has 1 atom stereocenters. The maximum atomic E-state index is 8.92. The molecule has 3 rings (SSSR count). The summed E-state index contributed by atoms with van der Waals surface area (Å²) in [7, 11) is 2.05. The van der Waals surface area contributed by atoms with Gasteiger partial charge in [-0.05, 0) is 30.4 Å². The Morgan fingerprint density at radius 2 is 2.41 bits per heavy atom. The molecule has 0 aliphatic carbocycles. The first-order chi connectivity index (χ1) is 8.29. The molecule has 0 spiro atoms. The Hall–Kier alpha value is -1.47. The minimum absolute atomic E-state index is 0.572. The predicted molar refractivity (Wildman–Crippen MR) is 70.1 cm³/mol. The number of aryl methyl sites for hydroxylation is 1. The molecule has 86 valence electrons. The Morgan fingerprint density at radius 3 is 3.12 bits per heavy atom. The molecule has 1 aromatic carbocycles. The molecule has 1 unspecified atom stereocenters. The second kappa shape index (κ2) is 4.08. The second-order valence-corrected chi connectivity index (χ2v) is 5.55. The van der Waals surface area contributed by atoms with Crippen molar-refractivity contribution in [3.05, 3.63) is 29.6 Å². The van der Waals surface area contributed by atoms with Crippen molar-refractivity contribution >= 4 is 22.8 Å². The average Bonchev–Trinajstić information content (AvgIpc) is 2.97. The second-order valence-electron chi connectivity index (χ2n) is 4.40. The summed E-state index contributed by atoms with van der Waals surface area (Å²) in [5.41, 5.74) is 2.77. The molecule has 0 radical (unpaired) electrons. The van der Waals surface area contributed by atoms with Gasteiger partial charge in [0.25, 0.3) is 0 Å². The minimum Gasteiger partial charge on any atom is -0.331 e. The Bertz CT molecular complexity index is 603. The zero-order valence-corrected chi connectivity index (χ0v) is 10.5. The third-order valence-electron chi connectivity index (χ3n) is 3.34. The summed E-state index contributed by atoms with van der Waals surface area (Å²) in [4.78, 5) is 4.71. The van der Waals surface area contributed by atoms with Gasteiger partial charge in [-0.2, -0.15) is 17.0 Å². The number of imidazole rings is 1. The van der Waals surface area contributed by atoms with Crippen LogP contribution in [0.1, 0.15) is 23.7 Å². The predicted octanol–water partition coefficient (Wildman–Crippen LogP) is 2.67. The van der Waals surface area contributed by atoms with E-state index in [0.29, 0.717) is 11.5 Å². The fourth-order valence-electron chi connectivity index (χ4n) is 2.38. The molecule has 1 aliphatic rings. The lowest BCUT2D eigenvalue weighted by atomic mass is 10.1. The first-order valence-corrected chi connectivity index (χ1v) is 6.89. The fraction of sp³-hybridized carbons (Fsp3) is 0.385. The molecule has 4 heteroatoms. The van der Waals surface area contributed by atoms with E-state index in [4.69, 9.17) is 10.2 Å². The van der Waals surface area contributed by atoms with Crippen molar-refractivity contribution in [2.24, 2.45) is 7.05 Å². The highest BCUT2D eigenvalue weighted by molar-refractivity contribution is 7.99. The standard InChI is InChI=1S/C13H13N3S/c1-16-12-6-9(7-14)2-3-11(12)15-13(16)10-4-5-17-8-10/h2-3,6,10H,4-5,8H2,1H3. The lowest BCUT2D eigenvalue weighted by Gasteiger charge is -2.07. The van der Waals surface area contributed by atoms with Crippen LogP contribution in [0.15, 0.2) is 18.2 Å². The SMILES string of the molecule is Cn1c(C2CCSC2)nc2ccc(C#N)cc21. The summed E-state index contributed by atoms with van der Waals surface area (Å²) in [6, 6.07) is 7.88. The number of hydrogen-bond acceptors (Lipinski definition) is 3. The van der Waals surface area contributed by atoms with E-state index in [2.05, 4.69) is 17.7 Å². The van der Waals surface area contributed by atoms with E-state index in [1.165, 1.54) is 23.8 Å². The number of nitrogens with zero attached hydrogens (tertiary/aromatic N) is 3. The van der Waals surface area contributed by atoms with Crippen LogP contribution in [0.5, 0.6) is 0 Å². The van der Waals surface area contributed by atoms with E-state index in [1.54, 1.807) is 0 Å². The molecule has 1 aromatic heterocycles. The number of hydrogen-bond donors (Lipinski definition) is 0. The molecular formula is C13H13N3S. The number of aromatic nitrogens is 2. The van der Waals surface area contributed by atoms with Gasteiger partial charge < -0.3 is 4.57 Å². The molecule has 17 heavy (non-hydrogen) atoms. The van der Waals surface area contributed by atoms with Gasteiger partial charge >= 0.3 is 0 Å². The summed E-state index contributed by atoms with van der Waals surface area (Å²) >= 11 is 2.00. The van der Waals surface area contributed by atoms with Gasteiger partial charge in [-0.25, -0.2) is 4.98 Å². The Balaban J connectivity index is 2.15. The molecular weight excluding hydrogens is 230 g/mol. The monoisotopic (exact) mass is 243 g/mol. The largest absolute Gasteiger partial charge is 0.331 e.